The van der Waals surface area contributed by atoms with E-state index < -0.39 is 0 Å². The van der Waals surface area contributed by atoms with Gasteiger partial charge >= 0.3 is 0 Å². The number of rotatable bonds is 10. The standard InChI is InChI=1S/C23H30N2O4/c1-17(2)15-28-19-8-5-7-18(13-19)25-23(26)14-24-21-10-3-4-11-22(21)29-16-20-9-6-12-27-20/h3-5,7-8,10-11,13,17,20,24H,6,9,12,14-16H2,1-2H3,(H,25,26). The van der Waals surface area contributed by atoms with Crippen LogP contribution in [0.1, 0.15) is 26.7 Å². The SMILES string of the molecule is CC(C)COc1cccc(NC(=O)CNc2ccccc2OCC2CCCO2)c1. The Morgan fingerprint density at radius 3 is 2.83 bits per heavy atom. The molecule has 0 aromatic heterocycles. The van der Waals surface area contributed by atoms with Gasteiger partial charge in [0.2, 0.25) is 5.91 Å². The maximum atomic E-state index is 12.4. The van der Waals surface area contributed by atoms with E-state index in [0.717, 1.165) is 36.6 Å². The predicted molar refractivity (Wildman–Crippen MR) is 115 cm³/mol. The number of amides is 1. The Hall–Kier alpha value is -2.73. The molecule has 1 amide bonds. The topological polar surface area (TPSA) is 68.8 Å². The molecule has 1 saturated heterocycles. The Labute approximate surface area is 172 Å². The summed E-state index contributed by atoms with van der Waals surface area (Å²) in [6.45, 7) is 6.30. The molecule has 156 valence electrons. The van der Waals surface area contributed by atoms with Gasteiger partial charge in [-0.25, -0.2) is 0 Å². The molecule has 2 aromatic rings. The molecular formula is C23H30N2O4. The molecule has 29 heavy (non-hydrogen) atoms. The molecule has 3 rings (SSSR count). The summed E-state index contributed by atoms with van der Waals surface area (Å²) in [6.07, 6.45) is 2.26. The molecule has 2 N–H and O–H groups in total. The van der Waals surface area contributed by atoms with Crippen LogP contribution in [0.4, 0.5) is 11.4 Å². The Kier molecular flexibility index (Phi) is 7.76. The number of para-hydroxylation sites is 2. The fourth-order valence-electron chi connectivity index (χ4n) is 3.00. The first-order chi connectivity index (χ1) is 14.1. The fourth-order valence-corrected chi connectivity index (χ4v) is 3.00. The molecule has 0 bridgehead atoms. The molecule has 0 spiro atoms. The van der Waals surface area contributed by atoms with E-state index in [4.69, 9.17) is 14.2 Å². The monoisotopic (exact) mass is 398 g/mol. The number of carbonyl (C=O) groups is 1. The van der Waals surface area contributed by atoms with E-state index in [1.165, 1.54) is 0 Å². The first-order valence-electron chi connectivity index (χ1n) is 10.2. The van der Waals surface area contributed by atoms with Crippen LogP contribution in [0, 0.1) is 5.92 Å². The molecule has 1 aliphatic heterocycles. The van der Waals surface area contributed by atoms with Gasteiger partial charge in [-0.3, -0.25) is 4.79 Å². The normalized spacial score (nSPS) is 15.9. The summed E-state index contributed by atoms with van der Waals surface area (Å²) in [5.41, 5.74) is 1.50. The molecule has 0 saturated carbocycles. The zero-order chi connectivity index (χ0) is 20.5. The van der Waals surface area contributed by atoms with E-state index in [9.17, 15) is 4.79 Å². The lowest BCUT2D eigenvalue weighted by atomic mass is 10.2. The third-order valence-electron chi connectivity index (χ3n) is 4.48. The molecule has 6 nitrogen and oxygen atoms in total. The number of hydrogen-bond acceptors (Lipinski definition) is 5. The van der Waals surface area contributed by atoms with E-state index in [2.05, 4.69) is 24.5 Å². The maximum absolute atomic E-state index is 12.4. The Morgan fingerprint density at radius 1 is 1.17 bits per heavy atom. The molecule has 6 heteroatoms. The molecule has 1 heterocycles. The van der Waals surface area contributed by atoms with Gasteiger partial charge in [-0.1, -0.05) is 32.0 Å². The largest absolute Gasteiger partial charge is 0.493 e. The lowest BCUT2D eigenvalue weighted by Crippen LogP contribution is -2.22. The molecule has 1 aliphatic rings. The molecule has 0 radical (unpaired) electrons. The second-order valence-electron chi connectivity index (χ2n) is 7.58. The van der Waals surface area contributed by atoms with Crippen molar-refractivity contribution in [2.24, 2.45) is 5.92 Å². The number of benzene rings is 2. The van der Waals surface area contributed by atoms with Crippen LogP contribution in [0.2, 0.25) is 0 Å². The smallest absolute Gasteiger partial charge is 0.243 e. The lowest BCUT2D eigenvalue weighted by Gasteiger charge is -2.16. The number of anilines is 2. The average molecular weight is 399 g/mol. The Balaban J connectivity index is 1.50. The van der Waals surface area contributed by atoms with E-state index in [1.807, 2.05) is 48.5 Å². The zero-order valence-corrected chi connectivity index (χ0v) is 17.1. The summed E-state index contributed by atoms with van der Waals surface area (Å²) < 4.78 is 17.2. The van der Waals surface area contributed by atoms with Crippen molar-refractivity contribution in [2.45, 2.75) is 32.8 Å². The van der Waals surface area contributed by atoms with Crippen molar-refractivity contribution in [3.8, 4) is 11.5 Å². The molecule has 2 aromatic carbocycles. The Morgan fingerprint density at radius 2 is 2.03 bits per heavy atom. The van der Waals surface area contributed by atoms with Crippen LogP contribution in [0.5, 0.6) is 11.5 Å². The highest BCUT2D eigenvalue weighted by Gasteiger charge is 2.16. The zero-order valence-electron chi connectivity index (χ0n) is 17.1. The number of nitrogens with one attached hydrogen (secondary N) is 2. The summed E-state index contributed by atoms with van der Waals surface area (Å²) in [4.78, 5) is 12.4. The first-order valence-corrected chi connectivity index (χ1v) is 10.2. The lowest BCUT2D eigenvalue weighted by molar-refractivity contribution is -0.114. The second-order valence-corrected chi connectivity index (χ2v) is 7.58. The van der Waals surface area contributed by atoms with Crippen molar-refractivity contribution in [1.82, 2.24) is 0 Å². The first kappa shape index (κ1) is 21.0. The van der Waals surface area contributed by atoms with Crippen molar-refractivity contribution >= 4 is 17.3 Å². The minimum Gasteiger partial charge on any atom is -0.493 e. The van der Waals surface area contributed by atoms with E-state index >= 15 is 0 Å². The second kappa shape index (κ2) is 10.7. The highest BCUT2D eigenvalue weighted by molar-refractivity contribution is 5.94. The van der Waals surface area contributed by atoms with Crippen molar-refractivity contribution < 1.29 is 19.0 Å². The predicted octanol–water partition coefficient (Wildman–Crippen LogP) is 4.33. The van der Waals surface area contributed by atoms with Crippen molar-refractivity contribution in [3.63, 3.8) is 0 Å². The third kappa shape index (κ3) is 6.98. The van der Waals surface area contributed by atoms with Gasteiger partial charge in [-0.2, -0.15) is 0 Å². The van der Waals surface area contributed by atoms with Crippen LogP contribution < -0.4 is 20.1 Å². The summed E-state index contributed by atoms with van der Waals surface area (Å²) in [5.74, 6) is 1.78. The number of carbonyl (C=O) groups excluding carboxylic acids is 1. The summed E-state index contributed by atoms with van der Waals surface area (Å²) in [7, 11) is 0. The molecule has 0 aliphatic carbocycles. The molecular weight excluding hydrogens is 368 g/mol. The van der Waals surface area contributed by atoms with Gasteiger partial charge < -0.3 is 24.8 Å². The molecule has 1 atom stereocenters. The minimum atomic E-state index is -0.139. The van der Waals surface area contributed by atoms with Crippen molar-refractivity contribution in [1.29, 1.82) is 0 Å². The van der Waals surface area contributed by atoms with Crippen LogP contribution in [0.3, 0.4) is 0 Å². The van der Waals surface area contributed by atoms with Gasteiger partial charge in [0.25, 0.3) is 0 Å². The minimum absolute atomic E-state index is 0.136. The summed E-state index contributed by atoms with van der Waals surface area (Å²) in [6, 6.07) is 15.1. The maximum Gasteiger partial charge on any atom is 0.243 e. The fraction of sp³-hybridized carbons (Fsp3) is 0.435. The van der Waals surface area contributed by atoms with Crippen LogP contribution >= 0.6 is 0 Å². The van der Waals surface area contributed by atoms with Gasteiger partial charge in [-0.15, -0.1) is 0 Å². The van der Waals surface area contributed by atoms with Crippen LogP contribution in [0.25, 0.3) is 0 Å². The van der Waals surface area contributed by atoms with Crippen molar-refractivity contribution in [3.05, 3.63) is 48.5 Å². The van der Waals surface area contributed by atoms with Gasteiger partial charge in [0.05, 0.1) is 24.9 Å². The summed E-state index contributed by atoms with van der Waals surface area (Å²) in [5, 5.41) is 6.05. The van der Waals surface area contributed by atoms with Crippen molar-refractivity contribution in [2.75, 3.05) is 37.0 Å². The van der Waals surface area contributed by atoms with E-state index in [-0.39, 0.29) is 18.6 Å². The third-order valence-corrected chi connectivity index (χ3v) is 4.48. The summed E-state index contributed by atoms with van der Waals surface area (Å²) >= 11 is 0. The van der Waals surface area contributed by atoms with Crippen LogP contribution in [-0.4, -0.2) is 38.4 Å². The molecule has 1 unspecified atom stereocenters. The van der Waals surface area contributed by atoms with Gasteiger partial charge in [0.15, 0.2) is 0 Å². The van der Waals surface area contributed by atoms with Gasteiger partial charge in [0.1, 0.15) is 18.1 Å². The molecule has 1 fully saturated rings. The number of ether oxygens (including phenoxy) is 3. The average Bonchev–Trinajstić information content (AvgIpc) is 3.24. The van der Waals surface area contributed by atoms with Gasteiger partial charge in [0, 0.05) is 18.4 Å². The van der Waals surface area contributed by atoms with E-state index in [1.54, 1.807) is 0 Å². The van der Waals surface area contributed by atoms with Gasteiger partial charge in [-0.05, 0) is 43.0 Å². The highest BCUT2D eigenvalue weighted by atomic mass is 16.5. The van der Waals surface area contributed by atoms with Crippen LogP contribution in [-0.2, 0) is 9.53 Å². The van der Waals surface area contributed by atoms with Crippen LogP contribution in [0.15, 0.2) is 48.5 Å². The Bertz CT molecular complexity index is 788. The highest BCUT2D eigenvalue weighted by Crippen LogP contribution is 2.25. The number of hydrogen-bond donors (Lipinski definition) is 2. The van der Waals surface area contributed by atoms with E-state index in [0.29, 0.717) is 24.8 Å². The quantitative estimate of drug-likeness (QED) is 0.623.